The van der Waals surface area contributed by atoms with Gasteiger partial charge in [-0.15, -0.1) is 0 Å². The van der Waals surface area contributed by atoms with Crippen LogP contribution < -0.4 is 14.2 Å². The summed E-state index contributed by atoms with van der Waals surface area (Å²) in [5.41, 5.74) is 2.27. The number of amides is 2. The highest BCUT2D eigenvalue weighted by Crippen LogP contribution is 2.31. The molecule has 7 nitrogen and oxygen atoms in total. The molecule has 3 rings (SSSR count). The topological polar surface area (TPSA) is 88.9 Å². The van der Waals surface area contributed by atoms with E-state index in [-0.39, 0.29) is 12.1 Å². The molecule has 2 aromatic carbocycles. The van der Waals surface area contributed by atoms with Gasteiger partial charge in [-0.1, -0.05) is 18.2 Å². The lowest BCUT2D eigenvalue weighted by Crippen LogP contribution is -2.43. The van der Waals surface area contributed by atoms with Crippen molar-refractivity contribution in [3.05, 3.63) is 70.3 Å². The molecule has 0 bridgehead atoms. The van der Waals surface area contributed by atoms with E-state index < -0.39 is 11.8 Å². The second kappa shape index (κ2) is 10.5. The van der Waals surface area contributed by atoms with E-state index in [2.05, 4.69) is 0 Å². The Morgan fingerprint density at radius 1 is 1.00 bits per heavy atom. The van der Waals surface area contributed by atoms with Crippen LogP contribution >= 0.6 is 0 Å². The van der Waals surface area contributed by atoms with Crippen molar-refractivity contribution < 1.29 is 23.8 Å². The van der Waals surface area contributed by atoms with Crippen LogP contribution in [0.5, 0.6) is 17.2 Å². The van der Waals surface area contributed by atoms with Crippen molar-refractivity contribution in [3.8, 4) is 23.3 Å². The number of rotatable bonds is 8. The Hall–Kier alpha value is -4.05. The summed E-state index contributed by atoms with van der Waals surface area (Å²) >= 11 is 0. The van der Waals surface area contributed by atoms with E-state index in [1.165, 1.54) is 0 Å². The number of nitriles is 1. The fourth-order valence-corrected chi connectivity index (χ4v) is 3.58. The van der Waals surface area contributed by atoms with Crippen molar-refractivity contribution in [1.82, 2.24) is 4.90 Å². The van der Waals surface area contributed by atoms with Crippen molar-refractivity contribution in [2.24, 2.45) is 0 Å². The number of hydrogen-bond donors (Lipinski definition) is 0. The van der Waals surface area contributed by atoms with Gasteiger partial charge in [0.2, 0.25) is 0 Å². The third-order valence-electron chi connectivity index (χ3n) is 5.41. The molecule has 0 spiro atoms. The summed E-state index contributed by atoms with van der Waals surface area (Å²) < 4.78 is 16.1. The second-order valence-electron chi connectivity index (χ2n) is 7.37. The van der Waals surface area contributed by atoms with Gasteiger partial charge in [0.05, 0.1) is 20.8 Å². The lowest BCUT2D eigenvalue weighted by atomic mass is 9.93. The third-order valence-corrected chi connectivity index (χ3v) is 5.41. The predicted molar refractivity (Wildman–Crippen MR) is 124 cm³/mol. The van der Waals surface area contributed by atoms with Crippen molar-refractivity contribution in [3.63, 3.8) is 0 Å². The van der Waals surface area contributed by atoms with Gasteiger partial charge in [0, 0.05) is 12.1 Å². The maximum Gasteiger partial charge on any atom is 0.271 e. The minimum absolute atomic E-state index is 0.0338. The van der Waals surface area contributed by atoms with Gasteiger partial charge in [-0.05, 0) is 67.3 Å². The van der Waals surface area contributed by atoms with E-state index in [4.69, 9.17) is 14.2 Å². The molecule has 33 heavy (non-hydrogen) atoms. The molecule has 2 amide bonds. The number of methoxy groups -OCH3 is 2. The number of nitrogens with zero attached hydrogens (tertiary/aromatic N) is 2. The molecule has 1 aliphatic rings. The summed E-state index contributed by atoms with van der Waals surface area (Å²) in [4.78, 5) is 27.3. The van der Waals surface area contributed by atoms with E-state index >= 15 is 0 Å². The zero-order chi connectivity index (χ0) is 24.0. The largest absolute Gasteiger partial charge is 0.497 e. The van der Waals surface area contributed by atoms with Crippen LogP contribution in [-0.4, -0.2) is 44.1 Å². The number of imide groups is 1. The van der Waals surface area contributed by atoms with Gasteiger partial charge in [0.1, 0.15) is 17.4 Å². The number of ether oxygens (including phenoxy) is 3. The Morgan fingerprint density at radius 2 is 1.73 bits per heavy atom. The molecular formula is C26H26N2O5. The highest BCUT2D eigenvalue weighted by molar-refractivity contribution is 6.19. The van der Waals surface area contributed by atoms with Crippen LogP contribution in [0.4, 0.5) is 0 Å². The summed E-state index contributed by atoms with van der Waals surface area (Å²) in [6, 6.07) is 14.7. The van der Waals surface area contributed by atoms with Crippen molar-refractivity contribution in [2.75, 3.05) is 27.4 Å². The summed E-state index contributed by atoms with van der Waals surface area (Å²) in [7, 11) is 3.13. The first kappa shape index (κ1) is 23.6. The highest BCUT2D eigenvalue weighted by atomic mass is 16.5. The smallest absolute Gasteiger partial charge is 0.271 e. The first-order valence-electron chi connectivity index (χ1n) is 10.6. The Bertz CT molecular complexity index is 1160. The molecule has 0 saturated carbocycles. The average Bonchev–Trinajstić information content (AvgIpc) is 2.83. The Balaban J connectivity index is 1.92. The van der Waals surface area contributed by atoms with E-state index in [9.17, 15) is 14.9 Å². The molecule has 2 aromatic rings. The normalized spacial score (nSPS) is 15.0. The molecule has 0 radical (unpaired) electrons. The number of carbonyl (C=O) groups is 2. The predicted octanol–water partition coefficient (Wildman–Crippen LogP) is 3.94. The van der Waals surface area contributed by atoms with E-state index in [1.54, 1.807) is 45.4 Å². The van der Waals surface area contributed by atoms with Crippen LogP contribution in [0.25, 0.3) is 6.08 Å². The molecule has 0 unspecified atom stereocenters. The molecule has 0 saturated heterocycles. The molecule has 170 valence electrons. The summed E-state index contributed by atoms with van der Waals surface area (Å²) in [6.45, 7) is 4.15. The molecule has 1 aliphatic heterocycles. The van der Waals surface area contributed by atoms with Gasteiger partial charge in [0.15, 0.2) is 11.5 Å². The second-order valence-corrected chi connectivity index (χ2v) is 7.37. The van der Waals surface area contributed by atoms with E-state index in [0.717, 1.165) is 16.2 Å². The summed E-state index contributed by atoms with van der Waals surface area (Å²) in [5, 5.41) is 9.60. The minimum Gasteiger partial charge on any atom is -0.497 e. The van der Waals surface area contributed by atoms with E-state index in [0.29, 0.717) is 41.2 Å². The zero-order valence-electron chi connectivity index (χ0n) is 19.2. The van der Waals surface area contributed by atoms with Crippen molar-refractivity contribution in [1.29, 1.82) is 5.26 Å². The fraction of sp³-hybridized carbons (Fsp3) is 0.269. The molecular weight excluding hydrogens is 420 g/mol. The van der Waals surface area contributed by atoms with Crippen LogP contribution in [0.2, 0.25) is 0 Å². The number of benzene rings is 2. The lowest BCUT2D eigenvalue weighted by molar-refractivity contribution is -0.140. The Morgan fingerprint density at radius 3 is 2.33 bits per heavy atom. The van der Waals surface area contributed by atoms with Crippen molar-refractivity contribution in [2.45, 2.75) is 20.3 Å². The SMILES string of the molecule is CCOc1ccc(/C=C2/C(=O)N(CCc3ccc(OC)cc3)C(=O)C(C#N)=C2C)cc1OC. The lowest BCUT2D eigenvalue weighted by Gasteiger charge is -2.27. The van der Waals surface area contributed by atoms with Crippen LogP contribution in [0.1, 0.15) is 25.0 Å². The standard InChI is InChI=1S/C26H26N2O5/c1-5-33-23-11-8-19(15-24(23)32-4)14-21-17(2)22(16-27)26(30)28(25(21)29)13-12-18-6-9-20(31-3)10-7-18/h6-11,14-15H,5,12-13H2,1-4H3/b21-14+. The van der Waals surface area contributed by atoms with Crippen LogP contribution in [0.15, 0.2) is 59.2 Å². The molecule has 7 heteroatoms. The van der Waals surface area contributed by atoms with Crippen LogP contribution in [0.3, 0.4) is 0 Å². The molecule has 0 N–H and O–H groups in total. The van der Waals surface area contributed by atoms with Crippen LogP contribution in [0, 0.1) is 11.3 Å². The molecule has 0 aromatic heterocycles. The fourth-order valence-electron chi connectivity index (χ4n) is 3.58. The first-order valence-corrected chi connectivity index (χ1v) is 10.6. The maximum atomic E-state index is 13.3. The van der Waals surface area contributed by atoms with Gasteiger partial charge in [-0.3, -0.25) is 14.5 Å². The first-order chi connectivity index (χ1) is 15.9. The average molecular weight is 447 g/mol. The Labute approximate surface area is 193 Å². The monoisotopic (exact) mass is 446 g/mol. The maximum absolute atomic E-state index is 13.3. The summed E-state index contributed by atoms with van der Waals surface area (Å²) in [6.07, 6.45) is 2.13. The van der Waals surface area contributed by atoms with Gasteiger partial charge in [-0.2, -0.15) is 5.26 Å². The molecule has 1 heterocycles. The van der Waals surface area contributed by atoms with Gasteiger partial charge in [-0.25, -0.2) is 0 Å². The quantitative estimate of drug-likeness (QED) is 0.451. The molecule has 0 aliphatic carbocycles. The van der Waals surface area contributed by atoms with Gasteiger partial charge >= 0.3 is 0 Å². The Kier molecular flexibility index (Phi) is 7.52. The van der Waals surface area contributed by atoms with Gasteiger partial charge < -0.3 is 14.2 Å². The number of hydrogen-bond acceptors (Lipinski definition) is 6. The van der Waals surface area contributed by atoms with Gasteiger partial charge in [0.25, 0.3) is 11.8 Å². The third kappa shape index (κ3) is 5.07. The molecule has 0 fully saturated rings. The molecule has 0 atom stereocenters. The minimum atomic E-state index is -0.574. The van der Waals surface area contributed by atoms with Crippen LogP contribution in [-0.2, 0) is 16.0 Å². The highest BCUT2D eigenvalue weighted by Gasteiger charge is 2.35. The van der Waals surface area contributed by atoms with Crippen molar-refractivity contribution >= 4 is 17.9 Å². The summed E-state index contributed by atoms with van der Waals surface area (Å²) in [5.74, 6) is 0.848. The van der Waals surface area contributed by atoms with E-state index in [1.807, 2.05) is 37.3 Å². The number of carbonyl (C=O) groups excluding carboxylic acids is 2. The zero-order valence-corrected chi connectivity index (χ0v) is 19.2.